The van der Waals surface area contributed by atoms with Gasteiger partial charge in [0.2, 0.25) is 0 Å². The molecule has 0 spiro atoms. The number of piperazine rings is 1. The van der Waals surface area contributed by atoms with Crippen molar-refractivity contribution < 1.29 is 0 Å². The van der Waals surface area contributed by atoms with E-state index in [0.717, 1.165) is 26.2 Å². The van der Waals surface area contributed by atoms with Crippen molar-refractivity contribution in [1.82, 2.24) is 10.6 Å². The van der Waals surface area contributed by atoms with Crippen molar-refractivity contribution in [3.8, 4) is 0 Å². The zero-order chi connectivity index (χ0) is 4.24. The molecule has 0 radical (unpaired) electrons. The molecule has 1 fully saturated rings. The van der Waals surface area contributed by atoms with Crippen molar-refractivity contribution in [2.75, 3.05) is 26.2 Å². The minimum atomic E-state index is 0. The topological polar surface area (TPSA) is 24.1 Å². The molecule has 4 heteroatoms. The van der Waals surface area contributed by atoms with E-state index in [1.54, 1.807) is 0 Å². The molecule has 0 aliphatic carbocycles. The highest BCUT2D eigenvalue weighted by atomic mass is 35.5. The third-order valence-corrected chi connectivity index (χ3v) is 0.957. The normalized spacial score (nSPS) is 18.0. The van der Waals surface area contributed by atoms with E-state index in [0.29, 0.717) is 0 Å². The van der Waals surface area contributed by atoms with E-state index >= 15 is 0 Å². The molecule has 1 atom stereocenters. The fourth-order valence-corrected chi connectivity index (χ4v) is 0.604. The van der Waals surface area contributed by atoms with E-state index in [1.165, 1.54) is 0 Å². The van der Waals surface area contributed by atoms with E-state index in [4.69, 9.17) is 0 Å². The third kappa shape index (κ3) is 4.79. The van der Waals surface area contributed by atoms with Crippen LogP contribution in [0.1, 0.15) is 0 Å². The predicted molar refractivity (Wildman–Crippen MR) is 44.1 cm³/mol. The molecule has 1 aliphatic heterocycles. The van der Waals surface area contributed by atoms with Crippen LogP contribution in [0.2, 0.25) is 0 Å². The minimum Gasteiger partial charge on any atom is -0.314 e. The van der Waals surface area contributed by atoms with Crippen LogP contribution in [0.4, 0.5) is 0 Å². The molecule has 8 heavy (non-hydrogen) atoms. The summed E-state index contributed by atoms with van der Waals surface area (Å²) in [5.74, 6) is 0. The molecule has 2 nitrogen and oxygen atoms in total. The second kappa shape index (κ2) is 7.64. The zero-order valence-electron chi connectivity index (χ0n) is 4.94. The molecule has 52 valence electrons. The number of rotatable bonds is 0. The lowest BCUT2D eigenvalue weighted by atomic mass is 10.4. The first-order chi connectivity index (χ1) is 3.00. The average Bonchev–Trinajstić information content (AvgIpc) is 1.72. The lowest BCUT2D eigenvalue weighted by molar-refractivity contribution is 0.534. The maximum Gasteiger partial charge on any atom is 0.00772 e. The molecule has 0 amide bonds. The number of hydrogen-bond acceptors (Lipinski definition) is 2. The Morgan fingerprint density at radius 1 is 0.750 bits per heavy atom. The van der Waals surface area contributed by atoms with Crippen LogP contribution >= 0.6 is 22.3 Å². The Hall–Kier alpha value is 0.640. The van der Waals surface area contributed by atoms with Gasteiger partial charge in [0.25, 0.3) is 0 Å². The van der Waals surface area contributed by atoms with Crippen LogP contribution in [0.5, 0.6) is 0 Å². The Balaban J connectivity index is 0. The Bertz CT molecular complexity index is 29.5. The van der Waals surface area contributed by atoms with Crippen molar-refractivity contribution in [3.63, 3.8) is 0 Å². The Kier molecular flexibility index (Phi) is 10.9. The minimum absolute atomic E-state index is 0. The number of halogens is 1. The van der Waals surface area contributed by atoms with Gasteiger partial charge in [-0.1, -0.05) is 0 Å². The van der Waals surface area contributed by atoms with Gasteiger partial charge >= 0.3 is 0 Å². The molecule has 0 aromatic rings. The van der Waals surface area contributed by atoms with Gasteiger partial charge in [0.05, 0.1) is 0 Å². The molecular formula is C4H14ClN2P. The Labute approximate surface area is 59.8 Å². The highest BCUT2D eigenvalue weighted by Gasteiger charge is 1.91. The monoisotopic (exact) mass is 156 g/mol. The molecule has 1 unspecified atom stereocenters. The summed E-state index contributed by atoms with van der Waals surface area (Å²) in [7, 11) is 0. The molecular weight excluding hydrogens is 142 g/mol. The van der Waals surface area contributed by atoms with Crippen LogP contribution in [-0.4, -0.2) is 26.2 Å². The standard InChI is InChI=1S/C4H10N2.ClH.H3P/c1-2-6-4-3-5-1;;/h5-6H,1-4H2;1H;1H3. The van der Waals surface area contributed by atoms with Crippen LogP contribution in [0.25, 0.3) is 0 Å². The summed E-state index contributed by atoms with van der Waals surface area (Å²) in [5.41, 5.74) is 0. The molecule has 0 aromatic carbocycles. The highest BCUT2D eigenvalue weighted by molar-refractivity contribution is 6.92. The molecule has 1 rings (SSSR count). The lowest BCUT2D eigenvalue weighted by Crippen LogP contribution is -2.39. The van der Waals surface area contributed by atoms with E-state index in [9.17, 15) is 0 Å². The summed E-state index contributed by atoms with van der Waals surface area (Å²) in [6.45, 7) is 4.56. The largest absolute Gasteiger partial charge is 0.314 e. The molecule has 0 bridgehead atoms. The Morgan fingerprint density at radius 3 is 1.12 bits per heavy atom. The first-order valence-electron chi connectivity index (χ1n) is 2.41. The first-order valence-corrected chi connectivity index (χ1v) is 2.41. The number of nitrogens with one attached hydrogen (secondary N) is 2. The smallest absolute Gasteiger partial charge is 0.00772 e. The SMILES string of the molecule is C1CNCCN1.Cl.P. The summed E-state index contributed by atoms with van der Waals surface area (Å²) in [4.78, 5) is 0. The third-order valence-electron chi connectivity index (χ3n) is 0.957. The van der Waals surface area contributed by atoms with Gasteiger partial charge in [-0.15, -0.1) is 12.4 Å². The van der Waals surface area contributed by atoms with Crippen molar-refractivity contribution in [2.45, 2.75) is 0 Å². The summed E-state index contributed by atoms with van der Waals surface area (Å²) in [5, 5.41) is 6.44. The number of hydrogen-bond donors (Lipinski definition) is 2. The van der Waals surface area contributed by atoms with Gasteiger partial charge in [-0.2, -0.15) is 9.90 Å². The van der Waals surface area contributed by atoms with Gasteiger partial charge in [-0.25, -0.2) is 0 Å². The van der Waals surface area contributed by atoms with Crippen molar-refractivity contribution in [2.24, 2.45) is 0 Å². The zero-order valence-corrected chi connectivity index (χ0v) is 7.17. The van der Waals surface area contributed by atoms with Crippen molar-refractivity contribution in [3.05, 3.63) is 0 Å². The maximum absolute atomic E-state index is 3.22. The molecule has 0 saturated carbocycles. The van der Waals surface area contributed by atoms with Gasteiger partial charge in [-0.05, 0) is 0 Å². The van der Waals surface area contributed by atoms with Gasteiger partial charge in [0.1, 0.15) is 0 Å². The predicted octanol–water partition coefficient (Wildman–Crippen LogP) is -0.341. The van der Waals surface area contributed by atoms with Gasteiger partial charge in [0, 0.05) is 26.2 Å². The van der Waals surface area contributed by atoms with E-state index < -0.39 is 0 Å². The lowest BCUT2D eigenvalue weighted by Gasteiger charge is -2.11. The second-order valence-electron chi connectivity index (χ2n) is 1.50. The summed E-state index contributed by atoms with van der Waals surface area (Å²) < 4.78 is 0. The Morgan fingerprint density at radius 2 is 1.00 bits per heavy atom. The van der Waals surface area contributed by atoms with Crippen LogP contribution in [0.3, 0.4) is 0 Å². The summed E-state index contributed by atoms with van der Waals surface area (Å²) >= 11 is 0. The fraction of sp³-hybridized carbons (Fsp3) is 1.00. The average molecular weight is 157 g/mol. The van der Waals surface area contributed by atoms with Gasteiger partial charge < -0.3 is 10.6 Å². The van der Waals surface area contributed by atoms with Gasteiger partial charge in [-0.3, -0.25) is 0 Å². The van der Waals surface area contributed by atoms with Crippen molar-refractivity contribution in [1.29, 1.82) is 0 Å². The molecule has 1 heterocycles. The van der Waals surface area contributed by atoms with E-state index in [2.05, 4.69) is 10.6 Å². The highest BCUT2D eigenvalue weighted by Crippen LogP contribution is 1.65. The van der Waals surface area contributed by atoms with E-state index in [1.807, 2.05) is 0 Å². The quantitative estimate of drug-likeness (QED) is 0.469. The van der Waals surface area contributed by atoms with Crippen molar-refractivity contribution >= 4 is 22.3 Å². The van der Waals surface area contributed by atoms with Crippen LogP contribution in [0.15, 0.2) is 0 Å². The summed E-state index contributed by atoms with van der Waals surface area (Å²) in [6, 6.07) is 0. The van der Waals surface area contributed by atoms with E-state index in [-0.39, 0.29) is 22.3 Å². The molecule has 2 N–H and O–H groups in total. The van der Waals surface area contributed by atoms with Crippen LogP contribution in [0, 0.1) is 0 Å². The van der Waals surface area contributed by atoms with Crippen LogP contribution in [-0.2, 0) is 0 Å². The fourth-order valence-electron chi connectivity index (χ4n) is 0.604. The summed E-state index contributed by atoms with van der Waals surface area (Å²) in [6.07, 6.45) is 0. The van der Waals surface area contributed by atoms with Gasteiger partial charge in [0.15, 0.2) is 0 Å². The molecule has 0 aromatic heterocycles. The second-order valence-corrected chi connectivity index (χ2v) is 1.50. The first kappa shape index (κ1) is 11.4. The molecule has 1 aliphatic rings. The van der Waals surface area contributed by atoms with Crippen LogP contribution < -0.4 is 10.6 Å². The molecule has 1 saturated heterocycles. The maximum atomic E-state index is 3.22.